The van der Waals surface area contributed by atoms with Gasteiger partial charge in [0.15, 0.2) is 6.61 Å². The Balaban J connectivity index is 2.10. The minimum Gasteiger partial charge on any atom is -0.484 e. The number of carbonyl (C=O) groups is 2. The van der Waals surface area contributed by atoms with Crippen molar-refractivity contribution in [1.82, 2.24) is 10.2 Å². The molecule has 0 aliphatic rings. The Hall–Kier alpha value is -2.34. The topological polar surface area (TPSA) is 58.6 Å². The molecule has 1 atom stereocenters. The number of ether oxygens (including phenoxy) is 1. The lowest BCUT2D eigenvalue weighted by atomic mass is 9.87. The number of carbonyl (C=O) groups excluding carboxylic acids is 2. The number of hydrogen-bond acceptors (Lipinski definition) is 3. The van der Waals surface area contributed by atoms with Crippen molar-refractivity contribution in [2.75, 3.05) is 13.7 Å². The summed E-state index contributed by atoms with van der Waals surface area (Å²) in [7, 11) is 1.56. The van der Waals surface area contributed by atoms with E-state index in [1.807, 2.05) is 48.5 Å². The molecule has 6 heteroatoms. The molecule has 156 valence electrons. The lowest BCUT2D eigenvalue weighted by Crippen LogP contribution is -2.48. The van der Waals surface area contributed by atoms with Gasteiger partial charge in [0.1, 0.15) is 11.8 Å². The molecule has 0 aliphatic carbocycles. The van der Waals surface area contributed by atoms with Crippen LogP contribution < -0.4 is 10.1 Å². The first-order valence-electron chi connectivity index (χ1n) is 9.60. The van der Waals surface area contributed by atoms with E-state index in [0.717, 1.165) is 10.0 Å². The molecule has 0 saturated heterocycles. The summed E-state index contributed by atoms with van der Waals surface area (Å²) in [5.74, 6) is 0.163. The van der Waals surface area contributed by atoms with Gasteiger partial charge in [-0.1, -0.05) is 61.0 Å². The summed E-state index contributed by atoms with van der Waals surface area (Å²) < 4.78 is 6.67. The molecule has 0 saturated carbocycles. The van der Waals surface area contributed by atoms with Crippen LogP contribution in [0.4, 0.5) is 0 Å². The Kier molecular flexibility index (Phi) is 7.85. The number of benzene rings is 2. The summed E-state index contributed by atoms with van der Waals surface area (Å²) in [5, 5.41) is 2.61. The zero-order valence-electron chi connectivity index (χ0n) is 17.7. The summed E-state index contributed by atoms with van der Waals surface area (Å²) >= 11 is 3.41. The number of halogens is 1. The number of nitrogens with zero attached hydrogens (tertiary/aromatic N) is 1. The highest BCUT2D eigenvalue weighted by Gasteiger charge is 2.26. The van der Waals surface area contributed by atoms with Gasteiger partial charge >= 0.3 is 0 Å². The van der Waals surface area contributed by atoms with Gasteiger partial charge in [0.2, 0.25) is 5.91 Å². The molecule has 2 aromatic rings. The first-order valence-corrected chi connectivity index (χ1v) is 10.4. The lowest BCUT2D eigenvalue weighted by Gasteiger charge is -2.28. The van der Waals surface area contributed by atoms with Crippen LogP contribution in [0.2, 0.25) is 0 Å². The van der Waals surface area contributed by atoms with Crippen molar-refractivity contribution in [3.63, 3.8) is 0 Å². The molecule has 0 fully saturated rings. The summed E-state index contributed by atoms with van der Waals surface area (Å²) in [5.41, 5.74) is 2.19. The molecule has 0 spiro atoms. The number of rotatable bonds is 7. The Morgan fingerprint density at radius 2 is 1.66 bits per heavy atom. The van der Waals surface area contributed by atoms with Crippen molar-refractivity contribution in [1.29, 1.82) is 0 Å². The maximum atomic E-state index is 12.9. The number of amides is 2. The van der Waals surface area contributed by atoms with Gasteiger partial charge in [-0.3, -0.25) is 9.59 Å². The Morgan fingerprint density at radius 3 is 2.17 bits per heavy atom. The molecule has 0 heterocycles. The molecule has 2 aromatic carbocycles. The zero-order chi connectivity index (χ0) is 21.6. The second-order valence-electron chi connectivity index (χ2n) is 8.00. The molecular weight excluding hydrogens is 432 g/mol. The van der Waals surface area contributed by atoms with Gasteiger partial charge in [0.25, 0.3) is 5.91 Å². The molecule has 1 N–H and O–H groups in total. The molecule has 2 rings (SSSR count). The fraction of sp³-hybridized carbons (Fsp3) is 0.391. The SMILES string of the molecule is CNC(=O)[C@@H](C)N(Cc1ccc(Br)cc1)C(=O)COc1ccc(C(C)(C)C)cc1. The third-order valence-corrected chi connectivity index (χ3v) is 5.29. The van der Waals surface area contributed by atoms with E-state index in [1.54, 1.807) is 14.0 Å². The van der Waals surface area contributed by atoms with E-state index in [2.05, 4.69) is 42.0 Å². The smallest absolute Gasteiger partial charge is 0.261 e. The highest BCUT2D eigenvalue weighted by Crippen LogP contribution is 2.24. The minimum atomic E-state index is -0.608. The van der Waals surface area contributed by atoms with E-state index in [0.29, 0.717) is 12.3 Å². The van der Waals surface area contributed by atoms with Crippen LogP contribution in [0.15, 0.2) is 53.0 Å². The summed E-state index contributed by atoms with van der Waals surface area (Å²) in [4.78, 5) is 26.6. The van der Waals surface area contributed by atoms with E-state index in [4.69, 9.17) is 4.74 Å². The maximum absolute atomic E-state index is 12.9. The third-order valence-electron chi connectivity index (χ3n) is 4.76. The van der Waals surface area contributed by atoms with Gasteiger partial charge in [-0.25, -0.2) is 0 Å². The first kappa shape index (κ1) is 22.9. The molecule has 0 radical (unpaired) electrons. The lowest BCUT2D eigenvalue weighted by molar-refractivity contribution is -0.142. The zero-order valence-corrected chi connectivity index (χ0v) is 19.2. The van der Waals surface area contributed by atoms with Crippen LogP contribution in [-0.2, 0) is 21.5 Å². The summed E-state index contributed by atoms with van der Waals surface area (Å²) in [6.45, 7) is 8.35. The van der Waals surface area contributed by atoms with E-state index < -0.39 is 6.04 Å². The van der Waals surface area contributed by atoms with Crippen LogP contribution in [0, 0.1) is 0 Å². The molecule has 0 aromatic heterocycles. The third kappa shape index (κ3) is 6.60. The number of nitrogens with one attached hydrogen (secondary N) is 1. The highest BCUT2D eigenvalue weighted by atomic mass is 79.9. The van der Waals surface area contributed by atoms with Crippen molar-refractivity contribution in [2.24, 2.45) is 0 Å². The quantitative estimate of drug-likeness (QED) is 0.670. The van der Waals surface area contributed by atoms with Crippen molar-refractivity contribution in [3.05, 3.63) is 64.1 Å². The van der Waals surface area contributed by atoms with Crippen molar-refractivity contribution in [3.8, 4) is 5.75 Å². The average molecular weight is 461 g/mol. The molecule has 0 aliphatic heterocycles. The highest BCUT2D eigenvalue weighted by molar-refractivity contribution is 9.10. The van der Waals surface area contributed by atoms with Crippen LogP contribution >= 0.6 is 15.9 Å². The number of hydrogen-bond donors (Lipinski definition) is 1. The standard InChI is InChI=1S/C23H29BrN2O3/c1-16(22(28)25-5)26(14-17-6-10-19(24)11-7-17)21(27)15-29-20-12-8-18(9-13-20)23(2,3)4/h6-13,16H,14-15H2,1-5H3,(H,25,28)/t16-/m1/s1. The summed E-state index contributed by atoms with van der Waals surface area (Å²) in [6.07, 6.45) is 0. The fourth-order valence-electron chi connectivity index (χ4n) is 2.86. The van der Waals surface area contributed by atoms with E-state index in [9.17, 15) is 9.59 Å². The van der Waals surface area contributed by atoms with Crippen LogP contribution in [0.25, 0.3) is 0 Å². The molecule has 29 heavy (non-hydrogen) atoms. The molecule has 0 unspecified atom stereocenters. The molecular formula is C23H29BrN2O3. The van der Waals surface area contributed by atoms with Gasteiger partial charge in [0.05, 0.1) is 0 Å². The van der Waals surface area contributed by atoms with Gasteiger partial charge in [0, 0.05) is 18.1 Å². The van der Waals surface area contributed by atoms with Crippen molar-refractivity contribution in [2.45, 2.75) is 45.7 Å². The normalized spacial score (nSPS) is 12.2. The molecule has 0 bridgehead atoms. The van der Waals surface area contributed by atoms with Gasteiger partial charge in [-0.15, -0.1) is 0 Å². The van der Waals surface area contributed by atoms with Gasteiger partial charge < -0.3 is 15.0 Å². The van der Waals surface area contributed by atoms with E-state index >= 15 is 0 Å². The molecule has 5 nitrogen and oxygen atoms in total. The van der Waals surface area contributed by atoms with Gasteiger partial charge in [-0.05, 0) is 47.7 Å². The predicted octanol–water partition coefficient (Wildman–Crippen LogP) is 4.29. The Labute approximate surface area is 181 Å². The van der Waals surface area contributed by atoms with Crippen LogP contribution in [0.3, 0.4) is 0 Å². The predicted molar refractivity (Wildman–Crippen MR) is 119 cm³/mol. The second-order valence-corrected chi connectivity index (χ2v) is 8.92. The Bertz CT molecular complexity index is 827. The van der Waals surface area contributed by atoms with Crippen molar-refractivity contribution >= 4 is 27.7 Å². The fourth-order valence-corrected chi connectivity index (χ4v) is 3.12. The van der Waals surface area contributed by atoms with Gasteiger partial charge in [-0.2, -0.15) is 0 Å². The number of likely N-dealkylation sites (N-methyl/N-ethyl adjacent to an activating group) is 1. The average Bonchev–Trinajstić information content (AvgIpc) is 2.70. The first-order chi connectivity index (χ1) is 13.6. The van der Waals surface area contributed by atoms with E-state index in [1.165, 1.54) is 10.5 Å². The van der Waals surface area contributed by atoms with Crippen LogP contribution in [0.5, 0.6) is 5.75 Å². The second kappa shape index (κ2) is 9.92. The van der Waals surface area contributed by atoms with Crippen molar-refractivity contribution < 1.29 is 14.3 Å². The maximum Gasteiger partial charge on any atom is 0.261 e. The van der Waals surface area contributed by atoms with Crippen LogP contribution in [-0.4, -0.2) is 36.4 Å². The largest absolute Gasteiger partial charge is 0.484 e. The summed E-state index contributed by atoms with van der Waals surface area (Å²) in [6, 6.07) is 14.8. The Morgan fingerprint density at radius 1 is 1.07 bits per heavy atom. The molecule has 2 amide bonds. The van der Waals surface area contributed by atoms with E-state index in [-0.39, 0.29) is 23.8 Å². The van der Waals surface area contributed by atoms with Crippen LogP contribution in [0.1, 0.15) is 38.8 Å². The minimum absolute atomic E-state index is 0.0543. The monoisotopic (exact) mass is 460 g/mol.